The normalized spacial score (nSPS) is 24.2. The number of rotatable bonds is 5. The Morgan fingerprint density at radius 1 is 1.10 bits per heavy atom. The predicted molar refractivity (Wildman–Crippen MR) is 113 cm³/mol. The van der Waals surface area contributed by atoms with Gasteiger partial charge in [0.05, 0.1) is 12.0 Å². The van der Waals surface area contributed by atoms with Crippen LogP contribution in [0, 0.1) is 0 Å². The fourth-order valence-corrected chi connectivity index (χ4v) is 6.42. The van der Waals surface area contributed by atoms with Crippen LogP contribution >= 0.6 is 11.6 Å². The molecule has 0 spiro atoms. The first-order chi connectivity index (χ1) is 14.3. The fraction of sp³-hybridized carbons (Fsp3) is 0.136. The summed E-state index contributed by atoms with van der Waals surface area (Å²) >= 11 is 6.95. The number of ether oxygens (including phenoxy) is 1. The molecule has 30 heavy (non-hydrogen) atoms. The Labute approximate surface area is 177 Å². The van der Waals surface area contributed by atoms with Crippen molar-refractivity contribution in [2.75, 3.05) is 7.11 Å². The van der Waals surface area contributed by atoms with Gasteiger partial charge in [0, 0.05) is 22.7 Å². The van der Waals surface area contributed by atoms with Crippen LogP contribution in [0.25, 0.3) is 10.9 Å². The number of hydrogen-bond donors (Lipinski definition) is 1. The third kappa shape index (κ3) is 2.52. The van der Waals surface area contributed by atoms with Gasteiger partial charge in [-0.05, 0) is 24.3 Å². The molecule has 0 saturated heterocycles. The van der Waals surface area contributed by atoms with E-state index in [9.17, 15) is 13.2 Å². The van der Waals surface area contributed by atoms with Gasteiger partial charge >= 0.3 is 0 Å². The molecule has 5 nitrogen and oxygen atoms in total. The van der Waals surface area contributed by atoms with Crippen molar-refractivity contribution in [3.05, 3.63) is 90.1 Å². The zero-order chi connectivity index (χ0) is 21.6. The van der Waals surface area contributed by atoms with Crippen LogP contribution in [0.4, 0.5) is 4.39 Å². The summed E-state index contributed by atoms with van der Waals surface area (Å²) < 4.78 is 45.6. The summed E-state index contributed by atoms with van der Waals surface area (Å²) in [6.45, 7) is 0. The molecule has 0 aliphatic heterocycles. The number of H-pyrrole nitrogens is 1. The quantitative estimate of drug-likeness (QED) is 0.466. The highest BCUT2D eigenvalue weighted by molar-refractivity contribution is 7.94. The van der Waals surface area contributed by atoms with Crippen molar-refractivity contribution in [3.8, 4) is 0 Å². The summed E-state index contributed by atoms with van der Waals surface area (Å²) in [5.41, 5.74) is 0.924. The Kier molecular flexibility index (Phi) is 4.83. The van der Waals surface area contributed by atoms with Crippen molar-refractivity contribution < 1.29 is 22.3 Å². The monoisotopic (exact) mass is 445 g/mol. The van der Waals surface area contributed by atoms with Crippen molar-refractivity contribution in [1.29, 1.82) is 0 Å². The maximum absolute atomic E-state index is 15.8. The highest BCUT2D eigenvalue weighted by Crippen LogP contribution is 2.55. The molecule has 1 aliphatic carbocycles. The first-order valence-corrected chi connectivity index (χ1v) is 10.8. The predicted octanol–water partition coefficient (Wildman–Crippen LogP) is 4.41. The van der Waals surface area contributed by atoms with E-state index in [2.05, 4.69) is 4.98 Å². The molecule has 8 heteroatoms. The minimum Gasteiger partial charge on any atom is -0.494 e. The van der Waals surface area contributed by atoms with Crippen molar-refractivity contribution in [1.82, 2.24) is 4.98 Å². The maximum Gasteiger partial charge on any atom is 0.213 e. The number of fused-ring (bicyclic) bond motifs is 1. The van der Waals surface area contributed by atoms with E-state index in [0.29, 0.717) is 10.9 Å². The summed E-state index contributed by atoms with van der Waals surface area (Å²) in [4.78, 5) is 13.3. The highest BCUT2D eigenvalue weighted by atomic mass is 35.5. The minimum absolute atomic E-state index is 0.0575. The number of carbonyl (C=O) groups is 1. The summed E-state index contributed by atoms with van der Waals surface area (Å²) in [5, 5.41) is 0.570. The van der Waals surface area contributed by atoms with Crippen LogP contribution in [-0.2, 0) is 24.2 Å². The molecule has 4 rings (SSSR count). The first-order valence-electron chi connectivity index (χ1n) is 8.98. The van der Waals surface area contributed by atoms with E-state index >= 15 is 4.39 Å². The van der Waals surface area contributed by atoms with E-state index in [1.165, 1.54) is 49.7 Å². The smallest absolute Gasteiger partial charge is 0.213 e. The van der Waals surface area contributed by atoms with Crippen molar-refractivity contribution >= 4 is 38.6 Å². The lowest BCUT2D eigenvalue weighted by atomic mass is 9.80. The summed E-state index contributed by atoms with van der Waals surface area (Å²) in [6.07, 6.45) is 4.08. The van der Waals surface area contributed by atoms with Crippen LogP contribution in [-0.4, -0.2) is 31.5 Å². The van der Waals surface area contributed by atoms with Crippen molar-refractivity contribution in [2.45, 2.75) is 14.5 Å². The molecule has 3 aromatic rings. The Hall–Kier alpha value is -2.90. The Balaban J connectivity index is 2.12. The van der Waals surface area contributed by atoms with Gasteiger partial charge in [0.25, 0.3) is 0 Å². The van der Waals surface area contributed by atoms with Gasteiger partial charge in [-0.2, -0.15) is 0 Å². The molecule has 1 heterocycles. The number of allylic oxidation sites excluding steroid dienone is 2. The van der Waals surface area contributed by atoms with Crippen LogP contribution < -0.4 is 0 Å². The lowest BCUT2D eigenvalue weighted by Crippen LogP contribution is -2.56. The zero-order valence-electron chi connectivity index (χ0n) is 15.8. The van der Waals surface area contributed by atoms with Crippen molar-refractivity contribution in [2.24, 2.45) is 0 Å². The third-order valence-corrected chi connectivity index (χ3v) is 8.47. The number of aromatic amines is 1. The summed E-state index contributed by atoms with van der Waals surface area (Å²) in [5.74, 6) is -1.65. The lowest BCUT2D eigenvalue weighted by Gasteiger charge is -2.41. The standard InChI is InChI=1S/C22H17ClFNO4S/c1-29-19-11-12-21(23,17-13-25-18-10-6-5-9-16(17)18)22(14-26,20(19)24)30(27,28)15-7-3-2-4-8-15/h2-14,25H,1H3. The number of methoxy groups -OCH3 is 1. The second-order valence-electron chi connectivity index (χ2n) is 6.85. The average molecular weight is 446 g/mol. The van der Waals surface area contributed by atoms with Crippen LogP contribution in [0.2, 0.25) is 0 Å². The number of hydrogen-bond acceptors (Lipinski definition) is 4. The topological polar surface area (TPSA) is 76.2 Å². The molecular formula is C22H17ClFNO4S. The number of benzene rings is 2. The molecule has 1 N–H and O–H groups in total. The number of aromatic nitrogens is 1. The van der Waals surface area contributed by atoms with Crippen LogP contribution in [0.1, 0.15) is 5.56 Å². The number of para-hydroxylation sites is 1. The molecule has 0 fully saturated rings. The average Bonchev–Trinajstić information content (AvgIpc) is 3.20. The molecule has 2 atom stereocenters. The van der Waals surface area contributed by atoms with E-state index in [4.69, 9.17) is 16.3 Å². The number of aldehydes is 1. The number of alkyl halides is 1. The first kappa shape index (κ1) is 20.4. The fourth-order valence-electron chi connectivity index (χ4n) is 3.85. The van der Waals surface area contributed by atoms with E-state index in [1.807, 2.05) is 0 Å². The van der Waals surface area contributed by atoms with Gasteiger partial charge < -0.3 is 14.5 Å². The van der Waals surface area contributed by atoms with Gasteiger partial charge in [0.15, 0.2) is 27.7 Å². The SMILES string of the molecule is COC1=C(F)C(C=O)(S(=O)(=O)c2ccccc2)C(Cl)(c2c[nH]c3ccccc23)C=C1. The van der Waals surface area contributed by atoms with E-state index in [0.717, 1.165) is 0 Å². The molecule has 2 aromatic carbocycles. The summed E-state index contributed by atoms with van der Waals surface area (Å²) in [7, 11) is -3.45. The van der Waals surface area contributed by atoms with Gasteiger partial charge in [-0.1, -0.05) is 42.5 Å². The third-order valence-electron chi connectivity index (χ3n) is 5.39. The molecule has 154 valence electrons. The maximum atomic E-state index is 15.8. The molecular weight excluding hydrogens is 429 g/mol. The largest absolute Gasteiger partial charge is 0.494 e. The van der Waals surface area contributed by atoms with Crippen LogP contribution in [0.5, 0.6) is 0 Å². The van der Waals surface area contributed by atoms with Gasteiger partial charge in [-0.3, -0.25) is 0 Å². The molecule has 0 bridgehead atoms. The van der Waals surface area contributed by atoms with E-state index in [1.54, 1.807) is 30.3 Å². The van der Waals surface area contributed by atoms with Gasteiger partial charge in [-0.15, -0.1) is 11.6 Å². The van der Waals surface area contributed by atoms with Crippen LogP contribution in [0.15, 0.2) is 89.4 Å². The Morgan fingerprint density at radius 2 is 1.77 bits per heavy atom. The molecule has 1 aromatic heterocycles. The van der Waals surface area contributed by atoms with Crippen LogP contribution in [0.3, 0.4) is 0 Å². The Bertz CT molecular complexity index is 1300. The second kappa shape index (κ2) is 7.11. The zero-order valence-corrected chi connectivity index (χ0v) is 17.4. The molecule has 0 saturated carbocycles. The van der Waals surface area contributed by atoms with Crippen molar-refractivity contribution in [3.63, 3.8) is 0 Å². The molecule has 2 unspecified atom stereocenters. The highest BCUT2D eigenvalue weighted by Gasteiger charge is 2.66. The number of nitrogens with one attached hydrogen (secondary N) is 1. The Morgan fingerprint density at radius 3 is 2.43 bits per heavy atom. The van der Waals surface area contributed by atoms with E-state index in [-0.39, 0.29) is 22.5 Å². The lowest BCUT2D eigenvalue weighted by molar-refractivity contribution is -0.110. The number of sulfone groups is 1. The minimum atomic E-state index is -4.65. The van der Waals surface area contributed by atoms with Gasteiger partial charge in [0.2, 0.25) is 4.75 Å². The second-order valence-corrected chi connectivity index (χ2v) is 9.56. The molecule has 0 amide bonds. The number of halogens is 2. The van der Waals surface area contributed by atoms with E-state index < -0.39 is 25.3 Å². The molecule has 1 aliphatic rings. The molecule has 0 radical (unpaired) electrons. The van der Waals surface area contributed by atoms with Gasteiger partial charge in [-0.25, -0.2) is 12.8 Å². The number of carbonyl (C=O) groups excluding carboxylic acids is 1. The van der Waals surface area contributed by atoms with Gasteiger partial charge in [0.1, 0.15) is 4.87 Å². The summed E-state index contributed by atoms with van der Waals surface area (Å²) in [6, 6.07) is 14.2.